The van der Waals surface area contributed by atoms with Gasteiger partial charge in [-0.25, -0.2) is 14.2 Å². The van der Waals surface area contributed by atoms with Gasteiger partial charge < -0.3 is 14.2 Å². The monoisotopic (exact) mass is 660 g/mol. The van der Waals surface area contributed by atoms with E-state index in [1.165, 1.54) is 35.9 Å². The summed E-state index contributed by atoms with van der Waals surface area (Å²) in [6.07, 6.45) is 1.66. The highest BCUT2D eigenvalue weighted by atomic mass is 35.5. The van der Waals surface area contributed by atoms with Crippen molar-refractivity contribution in [2.75, 3.05) is 13.7 Å². The third kappa shape index (κ3) is 6.35. The molecule has 0 amide bonds. The molecule has 0 saturated carbocycles. The van der Waals surface area contributed by atoms with Crippen molar-refractivity contribution in [2.45, 2.75) is 26.5 Å². The molecular formula is C31H24Cl3FN2O5S. The van der Waals surface area contributed by atoms with Crippen LogP contribution in [0.1, 0.15) is 36.6 Å². The van der Waals surface area contributed by atoms with Gasteiger partial charge in [-0.3, -0.25) is 9.36 Å². The van der Waals surface area contributed by atoms with Gasteiger partial charge in [0.25, 0.3) is 5.56 Å². The van der Waals surface area contributed by atoms with E-state index in [0.717, 1.165) is 16.9 Å². The van der Waals surface area contributed by atoms with Crippen LogP contribution in [0.5, 0.6) is 11.5 Å². The number of nitrogens with zero attached hydrogens (tertiary/aromatic N) is 2. The summed E-state index contributed by atoms with van der Waals surface area (Å²) >= 11 is 19.9. The Balaban J connectivity index is 1.56. The lowest BCUT2D eigenvalue weighted by Crippen LogP contribution is -2.39. The summed E-state index contributed by atoms with van der Waals surface area (Å²) in [6.45, 7) is 3.68. The van der Waals surface area contributed by atoms with E-state index in [0.29, 0.717) is 47.7 Å². The Labute approximate surface area is 265 Å². The van der Waals surface area contributed by atoms with Crippen molar-refractivity contribution < 1.29 is 23.4 Å². The fraction of sp³-hybridized carbons (Fsp3) is 0.194. The second-order valence-corrected chi connectivity index (χ2v) is 11.7. The van der Waals surface area contributed by atoms with Crippen molar-refractivity contribution in [3.05, 3.63) is 123 Å². The van der Waals surface area contributed by atoms with Crippen LogP contribution in [0.2, 0.25) is 15.1 Å². The summed E-state index contributed by atoms with van der Waals surface area (Å²) in [5, 5.41) is 1.11. The Morgan fingerprint density at radius 1 is 1.07 bits per heavy atom. The van der Waals surface area contributed by atoms with Gasteiger partial charge in [-0.15, -0.1) is 0 Å². The number of carbonyl (C=O) groups is 1. The van der Waals surface area contributed by atoms with E-state index < -0.39 is 17.8 Å². The highest BCUT2D eigenvalue weighted by Crippen LogP contribution is 2.37. The van der Waals surface area contributed by atoms with Crippen molar-refractivity contribution in [1.29, 1.82) is 0 Å². The standard InChI is InChI=1S/C31H24Cl3FN2O5S/c1-4-41-30(39)26-16(2)36-31-37(27(26)19-6-8-20(35)9-7-19)29(38)25(43-31)14-18-12-23(34)28(24(13-18)40-3)42-15-17-5-10-21(32)22(33)11-17/h5-14,27H,4,15H2,1-3H3/b25-14-/t27-/m0/s1. The number of aromatic nitrogens is 1. The van der Waals surface area contributed by atoms with Crippen molar-refractivity contribution in [2.24, 2.45) is 4.99 Å². The topological polar surface area (TPSA) is 79.1 Å². The van der Waals surface area contributed by atoms with Gasteiger partial charge in [0.05, 0.1) is 50.6 Å². The molecule has 0 bridgehead atoms. The van der Waals surface area contributed by atoms with Crippen LogP contribution in [-0.2, 0) is 16.1 Å². The Morgan fingerprint density at radius 3 is 2.49 bits per heavy atom. The van der Waals surface area contributed by atoms with Crippen LogP contribution in [0, 0.1) is 5.82 Å². The Morgan fingerprint density at radius 2 is 1.81 bits per heavy atom. The first-order valence-corrected chi connectivity index (χ1v) is 15.0. The zero-order valence-electron chi connectivity index (χ0n) is 23.1. The van der Waals surface area contributed by atoms with Crippen LogP contribution in [0.4, 0.5) is 4.39 Å². The fourth-order valence-corrected chi connectivity index (χ4v) is 6.29. The zero-order valence-corrected chi connectivity index (χ0v) is 26.2. The van der Waals surface area contributed by atoms with E-state index in [9.17, 15) is 14.0 Å². The van der Waals surface area contributed by atoms with Crippen LogP contribution in [0.25, 0.3) is 6.08 Å². The molecule has 1 aliphatic heterocycles. The maximum absolute atomic E-state index is 13.8. The SMILES string of the molecule is CCOC(=O)C1=C(C)N=c2s/c(=C\c3cc(Cl)c(OCc4ccc(Cl)c(Cl)c4)c(OC)c3)c(=O)n2[C@H]1c1ccc(F)cc1. The molecule has 1 aliphatic rings. The minimum Gasteiger partial charge on any atom is -0.493 e. The molecule has 1 aromatic heterocycles. The number of hydrogen-bond acceptors (Lipinski definition) is 7. The number of thiazole rings is 1. The Hall–Kier alpha value is -3.63. The van der Waals surface area contributed by atoms with Crippen LogP contribution >= 0.6 is 46.1 Å². The lowest BCUT2D eigenvalue weighted by molar-refractivity contribution is -0.139. The van der Waals surface area contributed by atoms with Crippen LogP contribution in [-0.4, -0.2) is 24.3 Å². The van der Waals surface area contributed by atoms with Crippen LogP contribution in [0.15, 0.2) is 75.7 Å². The van der Waals surface area contributed by atoms with Gasteiger partial charge in [-0.05, 0) is 73.0 Å². The van der Waals surface area contributed by atoms with E-state index in [1.54, 1.807) is 50.3 Å². The molecule has 0 radical (unpaired) electrons. The maximum atomic E-state index is 13.8. The maximum Gasteiger partial charge on any atom is 0.338 e. The van der Waals surface area contributed by atoms with E-state index in [2.05, 4.69) is 4.99 Å². The van der Waals surface area contributed by atoms with E-state index in [1.807, 2.05) is 0 Å². The first-order valence-electron chi connectivity index (χ1n) is 13.0. The lowest BCUT2D eigenvalue weighted by Gasteiger charge is -2.24. The minimum atomic E-state index is -0.853. The van der Waals surface area contributed by atoms with E-state index >= 15 is 0 Å². The number of methoxy groups -OCH3 is 1. The molecule has 3 aromatic carbocycles. The van der Waals surface area contributed by atoms with Gasteiger partial charge in [0.2, 0.25) is 0 Å². The average Bonchev–Trinajstić information content (AvgIpc) is 3.27. The molecule has 2 heterocycles. The van der Waals surface area contributed by atoms with E-state index in [-0.39, 0.29) is 29.4 Å². The molecule has 43 heavy (non-hydrogen) atoms. The highest BCUT2D eigenvalue weighted by Gasteiger charge is 2.33. The second-order valence-electron chi connectivity index (χ2n) is 9.43. The average molecular weight is 662 g/mol. The number of hydrogen-bond donors (Lipinski definition) is 0. The molecule has 5 rings (SSSR count). The van der Waals surface area contributed by atoms with Gasteiger partial charge in [0.1, 0.15) is 12.4 Å². The minimum absolute atomic E-state index is 0.145. The smallest absolute Gasteiger partial charge is 0.338 e. The Kier molecular flexibility index (Phi) is 9.27. The van der Waals surface area contributed by atoms with Crippen LogP contribution in [0.3, 0.4) is 0 Å². The van der Waals surface area contributed by atoms with Gasteiger partial charge in [-0.2, -0.15) is 0 Å². The largest absolute Gasteiger partial charge is 0.493 e. The summed E-state index contributed by atoms with van der Waals surface area (Å²) in [5.41, 5.74) is 2.14. The molecule has 0 N–H and O–H groups in total. The van der Waals surface area contributed by atoms with Gasteiger partial charge in [0, 0.05) is 0 Å². The quantitative estimate of drug-likeness (QED) is 0.202. The number of fused-ring (bicyclic) bond motifs is 1. The molecule has 0 fully saturated rings. The molecular weight excluding hydrogens is 638 g/mol. The van der Waals surface area contributed by atoms with Crippen molar-refractivity contribution in [3.8, 4) is 11.5 Å². The molecule has 12 heteroatoms. The summed E-state index contributed by atoms with van der Waals surface area (Å²) < 4.78 is 32.3. The molecule has 1 atom stereocenters. The molecule has 222 valence electrons. The summed E-state index contributed by atoms with van der Waals surface area (Å²) in [5.74, 6) is -0.360. The predicted octanol–water partition coefficient (Wildman–Crippen LogP) is 6.49. The van der Waals surface area contributed by atoms with Gasteiger partial charge in [-0.1, -0.05) is 64.3 Å². The number of allylic oxidation sites excluding steroid dienone is 1. The Bertz CT molecular complexity index is 1940. The lowest BCUT2D eigenvalue weighted by atomic mass is 9.96. The number of esters is 1. The number of rotatable bonds is 8. The third-order valence-electron chi connectivity index (χ3n) is 6.62. The number of halogens is 4. The zero-order chi connectivity index (χ0) is 30.8. The van der Waals surface area contributed by atoms with Gasteiger partial charge in [0.15, 0.2) is 16.3 Å². The molecule has 0 spiro atoms. The van der Waals surface area contributed by atoms with Crippen molar-refractivity contribution in [3.63, 3.8) is 0 Å². The molecule has 7 nitrogen and oxygen atoms in total. The first-order chi connectivity index (χ1) is 20.6. The number of carbonyl (C=O) groups excluding carboxylic acids is 1. The molecule has 0 aliphatic carbocycles. The molecule has 4 aromatic rings. The summed E-state index contributed by atoms with van der Waals surface area (Å²) in [6, 6.07) is 13.3. The predicted molar refractivity (Wildman–Crippen MR) is 166 cm³/mol. The fourth-order valence-electron chi connectivity index (χ4n) is 4.65. The molecule has 0 unspecified atom stereocenters. The van der Waals surface area contributed by atoms with Gasteiger partial charge >= 0.3 is 5.97 Å². The number of benzene rings is 3. The first kappa shape index (κ1) is 30.8. The third-order valence-corrected chi connectivity index (χ3v) is 8.62. The normalized spacial score (nSPS) is 14.8. The summed E-state index contributed by atoms with van der Waals surface area (Å²) in [7, 11) is 1.48. The van der Waals surface area contributed by atoms with Crippen LogP contribution < -0.4 is 24.4 Å². The van der Waals surface area contributed by atoms with Crippen molar-refractivity contribution in [1.82, 2.24) is 4.57 Å². The number of ether oxygens (including phenoxy) is 3. The summed E-state index contributed by atoms with van der Waals surface area (Å²) in [4.78, 5) is 31.8. The highest BCUT2D eigenvalue weighted by molar-refractivity contribution is 7.07. The molecule has 0 saturated heterocycles. The van der Waals surface area contributed by atoms with Crippen molar-refractivity contribution >= 4 is 58.2 Å². The second kappa shape index (κ2) is 12.9. The van der Waals surface area contributed by atoms with E-state index in [4.69, 9.17) is 49.0 Å².